The Morgan fingerprint density at radius 1 is 1.06 bits per heavy atom. The maximum absolute atomic E-state index is 13.5. The Morgan fingerprint density at radius 2 is 1.75 bits per heavy atom. The number of ketones is 1. The number of nitrogens with one attached hydrogen (secondary N) is 1. The molecule has 4 heterocycles. The molecule has 2 aliphatic heterocycles. The number of hydrogen-bond acceptors (Lipinski definition) is 5. The molecule has 3 N–H and O–H groups in total. The lowest BCUT2D eigenvalue weighted by atomic mass is 9.84. The molecule has 0 radical (unpaired) electrons. The molecule has 1 aliphatic carbocycles. The third-order valence-electron chi connectivity index (χ3n) is 9.09. The Morgan fingerprint density at radius 3 is 2.47 bits per heavy atom. The molecule has 1 saturated heterocycles. The van der Waals surface area contributed by atoms with Crippen LogP contribution in [0.5, 0.6) is 0 Å². The molecule has 2 bridgehead atoms. The molecule has 5 atom stereocenters. The van der Waals surface area contributed by atoms with E-state index in [-0.39, 0.29) is 37.0 Å². The predicted octanol–water partition coefficient (Wildman–Crippen LogP) is 4.32. The minimum atomic E-state index is -0.860. The molecule has 3 aliphatic rings. The molecule has 1 fully saturated rings. The average Bonchev–Trinajstić information content (AvgIpc) is 3.48. The number of aliphatic hydroxyl groups is 2. The molecule has 0 spiro atoms. The standard InChI is InChI=1S/C29H27N3O4/c1-29-16(13-33)17(30-2)11-22(36-29)31-18-9-5-3-7-14(18)23-25-20(34)12-21(35)26(25)24-15-8-4-6-10-19(15)32(29)28(24)27(23)31/h3-10,16-17,21-22,30,33,35H,11-13H2,1-2H3/t16-,17-,21+,22-,29+/m1/s1. The number of carbonyl (C=O) groups is 1. The van der Waals surface area contributed by atoms with Crippen molar-refractivity contribution in [3.63, 3.8) is 0 Å². The number of nitrogens with zero attached hydrogens (tertiary/aromatic N) is 2. The number of aliphatic hydroxyl groups excluding tert-OH is 2. The van der Waals surface area contributed by atoms with E-state index in [1.165, 1.54) is 0 Å². The van der Waals surface area contributed by atoms with Gasteiger partial charge in [0, 0.05) is 57.5 Å². The van der Waals surface area contributed by atoms with E-state index in [0.29, 0.717) is 12.0 Å². The van der Waals surface area contributed by atoms with Crippen LogP contribution in [0.1, 0.15) is 48.0 Å². The zero-order valence-corrected chi connectivity index (χ0v) is 20.2. The number of Topliss-reactive ketones (excluding diaryl/α,β-unsaturated/α-hetero) is 1. The van der Waals surface area contributed by atoms with E-state index in [0.717, 1.165) is 49.2 Å². The molecular weight excluding hydrogens is 454 g/mol. The van der Waals surface area contributed by atoms with Gasteiger partial charge in [-0.15, -0.1) is 0 Å². The maximum Gasteiger partial charge on any atom is 0.166 e. The SMILES string of the molecule is CN[C@@H]1C[C@H]2O[C@@](C)([C@@H]1CO)n1c3ccccc3c3c4c(c5c6ccccc6n2c5c31)C(=O)C[C@@H]4O. The highest BCUT2D eigenvalue weighted by molar-refractivity contribution is 6.31. The average molecular weight is 482 g/mol. The van der Waals surface area contributed by atoms with Gasteiger partial charge in [-0.3, -0.25) is 4.79 Å². The lowest BCUT2D eigenvalue weighted by molar-refractivity contribution is -0.234. The predicted molar refractivity (Wildman–Crippen MR) is 138 cm³/mol. The Labute approximate surface area is 206 Å². The highest BCUT2D eigenvalue weighted by Gasteiger charge is 2.52. The fourth-order valence-corrected chi connectivity index (χ4v) is 7.67. The molecule has 8 rings (SSSR count). The van der Waals surface area contributed by atoms with E-state index >= 15 is 0 Å². The van der Waals surface area contributed by atoms with Crippen LogP contribution in [-0.2, 0) is 10.5 Å². The van der Waals surface area contributed by atoms with Crippen LogP contribution in [0.15, 0.2) is 48.5 Å². The van der Waals surface area contributed by atoms with Gasteiger partial charge in [-0.2, -0.15) is 0 Å². The van der Waals surface area contributed by atoms with Crippen LogP contribution in [0.2, 0.25) is 0 Å². The van der Waals surface area contributed by atoms with Gasteiger partial charge in [0.2, 0.25) is 0 Å². The van der Waals surface area contributed by atoms with Crippen molar-refractivity contribution in [1.82, 2.24) is 14.5 Å². The summed E-state index contributed by atoms with van der Waals surface area (Å²) in [6, 6.07) is 16.4. The number of fused-ring (bicyclic) bond motifs is 13. The van der Waals surface area contributed by atoms with Crippen molar-refractivity contribution in [3.05, 3.63) is 59.7 Å². The van der Waals surface area contributed by atoms with Gasteiger partial charge in [-0.05, 0) is 26.1 Å². The fraction of sp³-hybridized carbons (Fsp3) is 0.345. The normalized spacial score (nSPS) is 29.2. The summed E-state index contributed by atoms with van der Waals surface area (Å²) >= 11 is 0. The van der Waals surface area contributed by atoms with E-state index in [2.05, 4.69) is 45.6 Å². The molecule has 0 unspecified atom stereocenters. The zero-order chi connectivity index (χ0) is 24.5. The van der Waals surface area contributed by atoms with Gasteiger partial charge in [-0.25, -0.2) is 0 Å². The third-order valence-corrected chi connectivity index (χ3v) is 9.09. The van der Waals surface area contributed by atoms with E-state index in [9.17, 15) is 15.0 Å². The summed E-state index contributed by atoms with van der Waals surface area (Å²) in [4.78, 5) is 13.5. The fourth-order valence-electron chi connectivity index (χ4n) is 7.67. The molecule has 2 aromatic heterocycles. The molecular formula is C29H27N3O4. The molecule has 0 amide bonds. The minimum Gasteiger partial charge on any atom is -0.396 e. The van der Waals surface area contributed by atoms with Gasteiger partial charge in [-0.1, -0.05) is 36.4 Å². The number of rotatable bonds is 2. The Hall–Kier alpha value is -3.23. The Kier molecular flexibility index (Phi) is 3.92. The molecule has 5 aromatic rings. The number of aromatic nitrogens is 2. The molecule has 182 valence electrons. The quantitative estimate of drug-likeness (QED) is 0.349. The second kappa shape index (κ2) is 6.75. The smallest absolute Gasteiger partial charge is 0.166 e. The van der Waals surface area contributed by atoms with Gasteiger partial charge in [0.15, 0.2) is 11.5 Å². The second-order valence-corrected chi connectivity index (χ2v) is 10.7. The van der Waals surface area contributed by atoms with Crippen LogP contribution in [0.25, 0.3) is 43.6 Å². The van der Waals surface area contributed by atoms with Crippen molar-refractivity contribution in [2.75, 3.05) is 13.7 Å². The van der Waals surface area contributed by atoms with Crippen molar-refractivity contribution in [2.24, 2.45) is 5.92 Å². The van der Waals surface area contributed by atoms with E-state index in [1.54, 1.807) is 0 Å². The number of para-hydroxylation sites is 2. The molecule has 0 saturated carbocycles. The summed E-state index contributed by atoms with van der Waals surface area (Å²) in [5.41, 5.74) is 4.45. The summed E-state index contributed by atoms with van der Waals surface area (Å²) < 4.78 is 11.5. The van der Waals surface area contributed by atoms with Gasteiger partial charge >= 0.3 is 0 Å². The van der Waals surface area contributed by atoms with Crippen LogP contribution < -0.4 is 5.32 Å². The molecule has 7 nitrogen and oxygen atoms in total. The largest absolute Gasteiger partial charge is 0.396 e. The topological polar surface area (TPSA) is 88.6 Å². The lowest BCUT2D eigenvalue weighted by Crippen LogP contribution is -2.56. The van der Waals surface area contributed by atoms with Crippen LogP contribution in [0.3, 0.4) is 0 Å². The van der Waals surface area contributed by atoms with Crippen molar-refractivity contribution in [1.29, 1.82) is 0 Å². The summed E-state index contributed by atoms with van der Waals surface area (Å²) in [5, 5.41) is 29.2. The number of ether oxygens (including phenoxy) is 1. The van der Waals surface area contributed by atoms with E-state index in [1.807, 2.05) is 31.3 Å². The van der Waals surface area contributed by atoms with Gasteiger partial charge in [0.25, 0.3) is 0 Å². The lowest BCUT2D eigenvalue weighted by Gasteiger charge is -2.48. The summed E-state index contributed by atoms with van der Waals surface area (Å²) in [5.74, 6) is -0.219. The van der Waals surface area contributed by atoms with Crippen LogP contribution >= 0.6 is 0 Å². The van der Waals surface area contributed by atoms with Crippen LogP contribution in [0.4, 0.5) is 0 Å². The van der Waals surface area contributed by atoms with Crippen molar-refractivity contribution in [3.8, 4) is 0 Å². The number of benzene rings is 3. The third kappa shape index (κ3) is 2.18. The van der Waals surface area contributed by atoms with E-state index < -0.39 is 11.8 Å². The maximum atomic E-state index is 13.5. The van der Waals surface area contributed by atoms with Gasteiger partial charge < -0.3 is 29.4 Å². The monoisotopic (exact) mass is 481 g/mol. The first kappa shape index (κ1) is 20.9. The number of hydrogen-bond donors (Lipinski definition) is 3. The van der Waals surface area contributed by atoms with Crippen molar-refractivity contribution < 1.29 is 19.7 Å². The first-order valence-electron chi connectivity index (χ1n) is 12.7. The first-order chi connectivity index (χ1) is 17.5. The highest BCUT2D eigenvalue weighted by atomic mass is 16.5. The molecule has 36 heavy (non-hydrogen) atoms. The Bertz CT molecular complexity index is 1780. The number of carbonyl (C=O) groups excluding carboxylic acids is 1. The zero-order valence-electron chi connectivity index (χ0n) is 20.2. The van der Waals surface area contributed by atoms with Gasteiger partial charge in [0.1, 0.15) is 6.23 Å². The van der Waals surface area contributed by atoms with E-state index in [4.69, 9.17) is 4.74 Å². The van der Waals surface area contributed by atoms with Crippen LogP contribution in [-0.4, -0.2) is 44.8 Å². The summed E-state index contributed by atoms with van der Waals surface area (Å²) in [7, 11) is 1.94. The first-order valence-corrected chi connectivity index (χ1v) is 12.7. The van der Waals surface area contributed by atoms with Crippen molar-refractivity contribution >= 4 is 49.4 Å². The minimum absolute atomic E-state index is 0.0135. The van der Waals surface area contributed by atoms with Gasteiger partial charge in [0.05, 0.1) is 34.8 Å². The summed E-state index contributed by atoms with van der Waals surface area (Å²) in [6.45, 7) is 2.04. The van der Waals surface area contributed by atoms with Crippen molar-refractivity contribution in [2.45, 2.75) is 43.9 Å². The Balaban J connectivity index is 1.73. The second-order valence-electron chi connectivity index (χ2n) is 10.7. The molecule has 7 heteroatoms. The van der Waals surface area contributed by atoms with Crippen LogP contribution in [0, 0.1) is 5.92 Å². The highest BCUT2D eigenvalue weighted by Crippen LogP contribution is 2.56. The summed E-state index contributed by atoms with van der Waals surface area (Å²) in [6.07, 6.45) is -0.364. The molecule has 3 aromatic carbocycles.